The average molecular weight is 443 g/mol. The van der Waals surface area contributed by atoms with E-state index < -0.39 is 0 Å². The van der Waals surface area contributed by atoms with Crippen LogP contribution < -0.4 is 9.47 Å². The van der Waals surface area contributed by atoms with Gasteiger partial charge >= 0.3 is 0 Å². The number of halogens is 1. The second-order valence-electron chi connectivity index (χ2n) is 8.45. The number of hydrogen-bond donors (Lipinski definition) is 0. The molecule has 0 spiro atoms. The summed E-state index contributed by atoms with van der Waals surface area (Å²) in [5, 5.41) is 0.538. The maximum atomic E-state index is 13.0. The van der Waals surface area contributed by atoms with Gasteiger partial charge in [-0.3, -0.25) is 9.59 Å². The predicted octanol–water partition coefficient (Wildman–Crippen LogP) is 4.14. The van der Waals surface area contributed by atoms with Crippen LogP contribution in [-0.2, 0) is 17.8 Å². The van der Waals surface area contributed by atoms with Crippen LogP contribution in [0.4, 0.5) is 0 Å². The summed E-state index contributed by atoms with van der Waals surface area (Å²) in [7, 11) is 0. The van der Waals surface area contributed by atoms with Gasteiger partial charge in [-0.2, -0.15) is 0 Å². The van der Waals surface area contributed by atoms with E-state index in [1.165, 1.54) is 5.56 Å². The average Bonchev–Trinajstić information content (AvgIpc) is 3.11. The molecule has 2 aromatic rings. The van der Waals surface area contributed by atoms with Gasteiger partial charge in [0.1, 0.15) is 0 Å². The first kappa shape index (κ1) is 21.5. The Morgan fingerprint density at radius 3 is 2.48 bits per heavy atom. The monoisotopic (exact) mass is 442 g/mol. The van der Waals surface area contributed by atoms with Crippen LogP contribution in [0.15, 0.2) is 36.4 Å². The fourth-order valence-electron chi connectivity index (χ4n) is 3.96. The van der Waals surface area contributed by atoms with Gasteiger partial charge in [0, 0.05) is 49.3 Å². The van der Waals surface area contributed by atoms with Crippen LogP contribution in [0.2, 0.25) is 5.02 Å². The van der Waals surface area contributed by atoms with Crippen molar-refractivity contribution in [2.45, 2.75) is 33.2 Å². The molecule has 0 aliphatic carbocycles. The molecule has 2 amide bonds. The van der Waals surface area contributed by atoms with Crippen molar-refractivity contribution in [3.05, 3.63) is 58.1 Å². The Balaban J connectivity index is 1.41. The molecule has 7 heteroatoms. The molecule has 0 radical (unpaired) electrons. The molecule has 4 rings (SSSR count). The minimum atomic E-state index is -0.0353. The highest BCUT2D eigenvalue weighted by Gasteiger charge is 2.26. The molecule has 0 unspecified atom stereocenters. The predicted molar refractivity (Wildman–Crippen MR) is 118 cm³/mol. The lowest BCUT2D eigenvalue weighted by Crippen LogP contribution is -2.35. The van der Waals surface area contributed by atoms with Crippen molar-refractivity contribution in [3.8, 4) is 11.5 Å². The summed E-state index contributed by atoms with van der Waals surface area (Å²) < 4.78 is 10.8. The summed E-state index contributed by atoms with van der Waals surface area (Å²) in [6, 6.07) is 11.4. The lowest BCUT2D eigenvalue weighted by Gasteiger charge is -2.23. The molecular formula is C24H27ClN2O4. The number of ether oxygens (including phenoxy) is 2. The molecule has 1 saturated heterocycles. The third kappa shape index (κ3) is 4.96. The molecule has 0 saturated carbocycles. The van der Waals surface area contributed by atoms with Crippen molar-refractivity contribution >= 4 is 23.4 Å². The van der Waals surface area contributed by atoms with E-state index in [0.717, 1.165) is 12.0 Å². The van der Waals surface area contributed by atoms with Gasteiger partial charge in [0.25, 0.3) is 5.91 Å². The second-order valence-corrected chi connectivity index (χ2v) is 8.86. The van der Waals surface area contributed by atoms with Crippen LogP contribution in [0.25, 0.3) is 0 Å². The van der Waals surface area contributed by atoms with Crippen molar-refractivity contribution in [2.75, 3.05) is 26.4 Å². The highest BCUT2D eigenvalue weighted by atomic mass is 35.5. The minimum absolute atomic E-state index is 0.0105. The standard InChI is InChI=1S/C24H27ClN2O4/c1-16(2)11-17-3-5-18(6-4-17)24(29)26-8-7-23(28)27(10-9-26)14-19-12-21-22(13-20(19)25)31-15-30-21/h3-6,12-13,16H,7-11,14-15H2,1-2H3. The number of amides is 2. The minimum Gasteiger partial charge on any atom is -0.454 e. The number of hydrogen-bond acceptors (Lipinski definition) is 4. The molecule has 2 aliphatic rings. The van der Waals surface area contributed by atoms with Crippen LogP contribution >= 0.6 is 11.6 Å². The molecule has 2 aliphatic heterocycles. The van der Waals surface area contributed by atoms with Crippen molar-refractivity contribution < 1.29 is 19.1 Å². The van der Waals surface area contributed by atoms with E-state index in [2.05, 4.69) is 13.8 Å². The van der Waals surface area contributed by atoms with Gasteiger partial charge in [0.05, 0.1) is 0 Å². The second kappa shape index (κ2) is 9.18. The number of benzene rings is 2. The quantitative estimate of drug-likeness (QED) is 0.698. The maximum absolute atomic E-state index is 13.0. The van der Waals surface area contributed by atoms with Crippen molar-refractivity contribution in [1.29, 1.82) is 0 Å². The first-order chi connectivity index (χ1) is 14.9. The van der Waals surface area contributed by atoms with Crippen LogP contribution in [0, 0.1) is 5.92 Å². The first-order valence-corrected chi connectivity index (χ1v) is 11.0. The number of rotatable bonds is 5. The molecule has 31 heavy (non-hydrogen) atoms. The summed E-state index contributed by atoms with van der Waals surface area (Å²) in [6.07, 6.45) is 1.28. The fraction of sp³-hybridized carbons (Fsp3) is 0.417. The Labute approximate surface area is 187 Å². The van der Waals surface area contributed by atoms with Crippen LogP contribution in [0.5, 0.6) is 11.5 Å². The lowest BCUT2D eigenvalue weighted by atomic mass is 10.0. The summed E-state index contributed by atoms with van der Waals surface area (Å²) in [6.45, 7) is 6.26. The van der Waals surface area contributed by atoms with E-state index in [-0.39, 0.29) is 18.6 Å². The number of nitrogens with zero attached hydrogens (tertiary/aromatic N) is 2. The SMILES string of the molecule is CC(C)Cc1ccc(C(=O)N2CCC(=O)N(Cc3cc4c(cc3Cl)OCO4)CC2)cc1. The maximum Gasteiger partial charge on any atom is 0.253 e. The molecule has 0 aromatic heterocycles. The Bertz CT molecular complexity index is 974. The van der Waals surface area contributed by atoms with E-state index in [9.17, 15) is 9.59 Å². The topological polar surface area (TPSA) is 59.1 Å². The molecule has 2 heterocycles. The third-order valence-electron chi connectivity index (χ3n) is 5.62. The zero-order chi connectivity index (χ0) is 22.0. The van der Waals surface area contributed by atoms with E-state index in [1.807, 2.05) is 30.3 Å². The Hall–Kier alpha value is -2.73. The molecule has 164 valence electrons. The highest BCUT2D eigenvalue weighted by molar-refractivity contribution is 6.31. The number of carbonyl (C=O) groups excluding carboxylic acids is 2. The Morgan fingerprint density at radius 2 is 1.77 bits per heavy atom. The molecule has 0 N–H and O–H groups in total. The Kier molecular flexibility index (Phi) is 6.37. The van der Waals surface area contributed by atoms with E-state index in [1.54, 1.807) is 15.9 Å². The van der Waals surface area contributed by atoms with Gasteiger partial charge in [-0.25, -0.2) is 0 Å². The van der Waals surface area contributed by atoms with E-state index in [4.69, 9.17) is 21.1 Å². The van der Waals surface area contributed by atoms with Gasteiger partial charge < -0.3 is 19.3 Å². The molecule has 6 nitrogen and oxygen atoms in total. The lowest BCUT2D eigenvalue weighted by molar-refractivity contribution is -0.130. The highest BCUT2D eigenvalue weighted by Crippen LogP contribution is 2.37. The van der Waals surface area contributed by atoms with Crippen LogP contribution in [-0.4, -0.2) is 48.0 Å². The number of fused-ring (bicyclic) bond motifs is 1. The molecule has 0 atom stereocenters. The molecule has 1 fully saturated rings. The Morgan fingerprint density at radius 1 is 1.06 bits per heavy atom. The van der Waals surface area contributed by atoms with Crippen molar-refractivity contribution in [3.63, 3.8) is 0 Å². The van der Waals surface area contributed by atoms with E-state index >= 15 is 0 Å². The van der Waals surface area contributed by atoms with Crippen LogP contribution in [0.3, 0.4) is 0 Å². The molecular weight excluding hydrogens is 416 g/mol. The summed E-state index contributed by atoms with van der Waals surface area (Å²) in [5.41, 5.74) is 2.69. The molecule has 0 bridgehead atoms. The van der Waals surface area contributed by atoms with Crippen molar-refractivity contribution in [2.24, 2.45) is 5.92 Å². The molecule has 2 aromatic carbocycles. The van der Waals surface area contributed by atoms with Gasteiger partial charge in [-0.1, -0.05) is 37.6 Å². The number of carbonyl (C=O) groups is 2. The largest absolute Gasteiger partial charge is 0.454 e. The van der Waals surface area contributed by atoms with Crippen molar-refractivity contribution in [1.82, 2.24) is 9.80 Å². The summed E-state index contributed by atoms with van der Waals surface area (Å²) in [5.74, 6) is 1.80. The normalized spacial score (nSPS) is 16.1. The van der Waals surface area contributed by atoms with Gasteiger partial charge in [-0.15, -0.1) is 0 Å². The first-order valence-electron chi connectivity index (χ1n) is 10.6. The smallest absolute Gasteiger partial charge is 0.253 e. The van der Waals surface area contributed by atoms with E-state index in [0.29, 0.717) is 60.6 Å². The zero-order valence-corrected chi connectivity index (χ0v) is 18.7. The third-order valence-corrected chi connectivity index (χ3v) is 5.97. The summed E-state index contributed by atoms with van der Waals surface area (Å²) in [4.78, 5) is 29.2. The van der Waals surface area contributed by atoms with Crippen LogP contribution in [0.1, 0.15) is 41.8 Å². The zero-order valence-electron chi connectivity index (χ0n) is 17.9. The van der Waals surface area contributed by atoms with Gasteiger partial charge in [0.2, 0.25) is 12.7 Å². The van der Waals surface area contributed by atoms with Gasteiger partial charge in [-0.05, 0) is 41.7 Å². The fourth-order valence-corrected chi connectivity index (χ4v) is 4.17. The van der Waals surface area contributed by atoms with Gasteiger partial charge in [0.15, 0.2) is 11.5 Å². The summed E-state index contributed by atoms with van der Waals surface area (Å²) >= 11 is 6.38.